The van der Waals surface area contributed by atoms with E-state index in [1.54, 1.807) is 0 Å². The lowest BCUT2D eigenvalue weighted by atomic mass is 9.61. The van der Waals surface area contributed by atoms with Gasteiger partial charge in [0.1, 0.15) is 0 Å². The first-order valence-electron chi connectivity index (χ1n) is 7.04. The van der Waals surface area contributed by atoms with Crippen molar-refractivity contribution in [2.24, 2.45) is 5.41 Å². The molecular weight excluding hydrogens is 226 g/mol. The Morgan fingerprint density at radius 2 is 2.28 bits per heavy atom. The summed E-state index contributed by atoms with van der Waals surface area (Å²) in [5.41, 5.74) is 1.36. The van der Waals surface area contributed by atoms with Crippen LogP contribution in [0.15, 0.2) is 12.4 Å². The number of aryl methyl sites for hydroxylation is 1. The average Bonchev–Trinajstić information content (AvgIpc) is 2.84. The number of aromatic nitrogens is 2. The Balaban J connectivity index is 1.98. The summed E-state index contributed by atoms with van der Waals surface area (Å²) >= 11 is 0. The van der Waals surface area contributed by atoms with Crippen LogP contribution in [0.3, 0.4) is 0 Å². The van der Waals surface area contributed by atoms with Crippen LogP contribution in [0.5, 0.6) is 0 Å². The first kappa shape index (κ1) is 13.4. The maximum absolute atomic E-state index is 5.82. The van der Waals surface area contributed by atoms with Gasteiger partial charge in [-0.15, -0.1) is 0 Å². The van der Waals surface area contributed by atoms with Crippen molar-refractivity contribution in [2.45, 2.75) is 59.2 Å². The molecule has 0 saturated heterocycles. The smallest absolute Gasteiger partial charge is 0.0728 e. The third-order valence-corrected chi connectivity index (χ3v) is 4.41. The lowest BCUT2D eigenvalue weighted by molar-refractivity contribution is -0.109. The van der Waals surface area contributed by atoms with Gasteiger partial charge in [0.05, 0.1) is 18.0 Å². The Labute approximate surface area is 110 Å². The van der Waals surface area contributed by atoms with E-state index in [0.29, 0.717) is 12.1 Å². The first-order valence-corrected chi connectivity index (χ1v) is 7.04. The molecule has 1 saturated carbocycles. The minimum absolute atomic E-state index is 0.240. The van der Waals surface area contributed by atoms with Crippen molar-refractivity contribution in [1.82, 2.24) is 9.78 Å². The van der Waals surface area contributed by atoms with E-state index >= 15 is 0 Å². The predicted molar refractivity (Wildman–Crippen MR) is 73.7 cm³/mol. The van der Waals surface area contributed by atoms with Crippen LogP contribution in [0.25, 0.3) is 0 Å². The van der Waals surface area contributed by atoms with Crippen molar-refractivity contribution < 1.29 is 4.74 Å². The molecule has 4 heteroatoms. The predicted octanol–water partition coefficient (Wildman–Crippen LogP) is 2.91. The Kier molecular flexibility index (Phi) is 3.95. The molecule has 1 N–H and O–H groups in total. The number of rotatable bonds is 6. The van der Waals surface area contributed by atoms with Crippen molar-refractivity contribution >= 4 is 5.69 Å². The monoisotopic (exact) mass is 251 g/mol. The highest BCUT2D eigenvalue weighted by atomic mass is 16.5. The van der Waals surface area contributed by atoms with Crippen LogP contribution in [0.1, 0.15) is 40.5 Å². The molecule has 0 aliphatic heterocycles. The maximum atomic E-state index is 5.82. The maximum Gasteiger partial charge on any atom is 0.0728 e. The largest absolute Gasteiger partial charge is 0.379 e. The molecule has 1 aromatic heterocycles. The standard InChI is InChI=1S/C14H25N3O/c1-5-14(4)12(8-13(14)18-7-3)16-11-9-15-17(6-2)10-11/h9-10,12-13,16H,5-8H2,1-4H3. The molecular formula is C14H25N3O. The molecule has 102 valence electrons. The lowest BCUT2D eigenvalue weighted by Crippen LogP contribution is -2.59. The van der Waals surface area contributed by atoms with Crippen LogP contribution in [-0.4, -0.2) is 28.5 Å². The first-order chi connectivity index (χ1) is 8.63. The van der Waals surface area contributed by atoms with Gasteiger partial charge in [0.2, 0.25) is 0 Å². The summed E-state index contributed by atoms with van der Waals surface area (Å²) < 4.78 is 7.77. The average molecular weight is 251 g/mol. The van der Waals surface area contributed by atoms with Gasteiger partial charge in [-0.2, -0.15) is 5.10 Å². The zero-order valence-corrected chi connectivity index (χ0v) is 11.9. The molecule has 1 aromatic rings. The number of ether oxygens (including phenoxy) is 1. The van der Waals surface area contributed by atoms with Crippen LogP contribution in [-0.2, 0) is 11.3 Å². The fraction of sp³-hybridized carbons (Fsp3) is 0.786. The number of nitrogens with one attached hydrogen (secondary N) is 1. The topological polar surface area (TPSA) is 39.1 Å². The van der Waals surface area contributed by atoms with Crippen LogP contribution >= 0.6 is 0 Å². The summed E-state index contributed by atoms with van der Waals surface area (Å²) in [6.07, 6.45) is 6.61. The third kappa shape index (κ3) is 2.26. The van der Waals surface area contributed by atoms with Gasteiger partial charge in [0, 0.05) is 30.8 Å². The molecule has 0 spiro atoms. The van der Waals surface area contributed by atoms with E-state index < -0.39 is 0 Å². The second kappa shape index (κ2) is 5.31. The van der Waals surface area contributed by atoms with Crippen LogP contribution < -0.4 is 5.32 Å². The van der Waals surface area contributed by atoms with E-state index in [1.807, 2.05) is 10.9 Å². The minimum atomic E-state index is 0.240. The highest BCUT2D eigenvalue weighted by molar-refractivity contribution is 5.41. The molecule has 0 aromatic carbocycles. The molecule has 1 fully saturated rings. The number of nitrogens with zero attached hydrogens (tertiary/aromatic N) is 2. The quantitative estimate of drug-likeness (QED) is 0.845. The Bertz CT molecular complexity index is 390. The van der Waals surface area contributed by atoms with E-state index in [0.717, 1.165) is 31.7 Å². The molecule has 3 atom stereocenters. The molecule has 1 aliphatic carbocycles. The summed E-state index contributed by atoms with van der Waals surface area (Å²) in [5, 5.41) is 7.90. The molecule has 1 aliphatic rings. The lowest BCUT2D eigenvalue weighted by Gasteiger charge is -2.53. The molecule has 2 rings (SSSR count). The summed E-state index contributed by atoms with van der Waals surface area (Å²) in [4.78, 5) is 0. The SMILES string of the molecule is CCOC1CC(Nc2cnn(CC)c2)C1(C)CC. The van der Waals surface area contributed by atoms with Crippen molar-refractivity contribution in [3.63, 3.8) is 0 Å². The summed E-state index contributed by atoms with van der Waals surface area (Å²) in [7, 11) is 0. The zero-order valence-electron chi connectivity index (χ0n) is 11.9. The van der Waals surface area contributed by atoms with Crippen molar-refractivity contribution in [3.05, 3.63) is 12.4 Å². The van der Waals surface area contributed by atoms with Crippen LogP contribution in [0, 0.1) is 5.41 Å². The van der Waals surface area contributed by atoms with Crippen LogP contribution in [0.4, 0.5) is 5.69 Å². The molecule has 1 heterocycles. The second-order valence-electron chi connectivity index (χ2n) is 5.32. The van der Waals surface area contributed by atoms with E-state index in [2.05, 4.69) is 44.3 Å². The normalized spacial score (nSPS) is 31.1. The van der Waals surface area contributed by atoms with E-state index in [4.69, 9.17) is 4.74 Å². The fourth-order valence-electron chi connectivity index (χ4n) is 2.79. The summed E-state index contributed by atoms with van der Waals surface area (Å²) in [6, 6.07) is 0.494. The second-order valence-corrected chi connectivity index (χ2v) is 5.32. The van der Waals surface area contributed by atoms with Crippen molar-refractivity contribution in [1.29, 1.82) is 0 Å². The van der Waals surface area contributed by atoms with E-state index in [1.165, 1.54) is 0 Å². The Morgan fingerprint density at radius 3 is 2.83 bits per heavy atom. The zero-order chi connectivity index (χ0) is 13.2. The van der Waals surface area contributed by atoms with E-state index in [-0.39, 0.29) is 5.41 Å². The number of anilines is 1. The van der Waals surface area contributed by atoms with Crippen molar-refractivity contribution in [2.75, 3.05) is 11.9 Å². The number of hydrogen-bond donors (Lipinski definition) is 1. The summed E-state index contributed by atoms with van der Waals surface area (Å²) in [5.74, 6) is 0. The molecule has 0 bridgehead atoms. The van der Waals surface area contributed by atoms with Gasteiger partial charge in [0.25, 0.3) is 0 Å². The molecule has 0 amide bonds. The van der Waals surface area contributed by atoms with Gasteiger partial charge >= 0.3 is 0 Å². The molecule has 0 radical (unpaired) electrons. The Morgan fingerprint density at radius 1 is 1.50 bits per heavy atom. The summed E-state index contributed by atoms with van der Waals surface area (Å²) in [6.45, 7) is 10.5. The van der Waals surface area contributed by atoms with Gasteiger partial charge in [-0.25, -0.2) is 0 Å². The van der Waals surface area contributed by atoms with Gasteiger partial charge in [-0.1, -0.05) is 13.8 Å². The van der Waals surface area contributed by atoms with Crippen molar-refractivity contribution in [3.8, 4) is 0 Å². The van der Waals surface area contributed by atoms with Gasteiger partial charge in [-0.05, 0) is 26.7 Å². The molecule has 4 nitrogen and oxygen atoms in total. The van der Waals surface area contributed by atoms with Gasteiger partial charge < -0.3 is 10.1 Å². The third-order valence-electron chi connectivity index (χ3n) is 4.41. The highest BCUT2D eigenvalue weighted by Crippen LogP contribution is 2.47. The minimum Gasteiger partial charge on any atom is -0.379 e. The molecule has 3 unspecified atom stereocenters. The van der Waals surface area contributed by atoms with Gasteiger partial charge in [0.15, 0.2) is 0 Å². The number of hydrogen-bond acceptors (Lipinski definition) is 3. The highest BCUT2D eigenvalue weighted by Gasteiger charge is 2.51. The van der Waals surface area contributed by atoms with Gasteiger partial charge in [-0.3, -0.25) is 4.68 Å². The molecule has 18 heavy (non-hydrogen) atoms. The van der Waals surface area contributed by atoms with E-state index in [9.17, 15) is 0 Å². The Hall–Kier alpha value is -1.03. The van der Waals surface area contributed by atoms with Crippen LogP contribution in [0.2, 0.25) is 0 Å². The fourth-order valence-corrected chi connectivity index (χ4v) is 2.79.